The minimum atomic E-state index is -0.742. The van der Waals surface area contributed by atoms with Gasteiger partial charge in [0.15, 0.2) is 0 Å². The van der Waals surface area contributed by atoms with Crippen molar-refractivity contribution in [2.45, 2.75) is 52.9 Å². The van der Waals surface area contributed by atoms with Crippen LogP contribution < -0.4 is 5.32 Å². The molecule has 0 radical (unpaired) electrons. The van der Waals surface area contributed by atoms with Crippen LogP contribution in [0.25, 0.3) is 0 Å². The van der Waals surface area contributed by atoms with Crippen LogP contribution in [0.4, 0.5) is 0 Å². The molecular weight excluding hydrogens is 266 g/mol. The van der Waals surface area contributed by atoms with Crippen LogP contribution in [0.1, 0.15) is 59.2 Å². The Morgan fingerprint density at radius 2 is 1.57 bits per heavy atom. The second-order valence-electron chi connectivity index (χ2n) is 5.59. The predicted octanol–water partition coefficient (Wildman–Crippen LogP) is 3.38. The molecule has 0 unspecified atom stereocenters. The van der Waals surface area contributed by atoms with Gasteiger partial charge in [0, 0.05) is 18.5 Å². The highest BCUT2D eigenvalue weighted by Crippen LogP contribution is 2.16. The maximum Gasteiger partial charge on any atom is 0.303 e. The summed E-state index contributed by atoms with van der Waals surface area (Å²) in [4.78, 5) is 22.6. The van der Waals surface area contributed by atoms with Gasteiger partial charge in [0.2, 0.25) is 0 Å². The molecule has 0 aromatic heterocycles. The van der Waals surface area contributed by atoms with Crippen molar-refractivity contribution in [2.75, 3.05) is 6.54 Å². The van der Waals surface area contributed by atoms with E-state index in [1.165, 1.54) is 5.56 Å². The fraction of sp³-hybridized carbons (Fsp3) is 0.529. The second kappa shape index (κ2) is 8.45. The molecule has 0 bridgehead atoms. The number of aliphatic carboxylic acids is 1. The lowest BCUT2D eigenvalue weighted by atomic mass is 9.99. The molecule has 1 aromatic carbocycles. The molecule has 0 spiro atoms. The van der Waals surface area contributed by atoms with Crippen LogP contribution in [-0.4, -0.2) is 23.5 Å². The lowest BCUT2D eigenvalue weighted by Crippen LogP contribution is -2.26. The monoisotopic (exact) mass is 291 g/mol. The first-order valence-electron chi connectivity index (χ1n) is 7.49. The summed E-state index contributed by atoms with van der Waals surface area (Å²) in [5, 5.41) is 11.5. The highest BCUT2D eigenvalue weighted by molar-refractivity contribution is 5.97. The quantitative estimate of drug-likeness (QED) is 0.722. The van der Waals surface area contributed by atoms with Crippen molar-refractivity contribution in [1.29, 1.82) is 0 Å². The number of hydrogen-bond donors (Lipinski definition) is 2. The van der Waals surface area contributed by atoms with Crippen LogP contribution in [-0.2, 0) is 4.79 Å². The number of carbonyl (C=O) groups is 2. The second-order valence-corrected chi connectivity index (χ2v) is 5.59. The summed E-state index contributed by atoms with van der Waals surface area (Å²) in [6, 6.07) is 4.04. The zero-order chi connectivity index (χ0) is 15.8. The number of benzene rings is 1. The third kappa shape index (κ3) is 5.98. The Balaban J connectivity index is 2.33. The summed E-state index contributed by atoms with van der Waals surface area (Å²) in [6.07, 6.45) is 3.66. The number of rotatable bonds is 8. The number of unbranched alkanes of at least 4 members (excludes halogenated alkanes) is 3. The van der Waals surface area contributed by atoms with E-state index >= 15 is 0 Å². The number of carboxylic acid groups (broad SMARTS) is 1. The molecular formula is C17H25NO3. The van der Waals surface area contributed by atoms with Crippen LogP contribution >= 0.6 is 0 Å². The number of carboxylic acids is 1. The Hall–Kier alpha value is -1.84. The van der Waals surface area contributed by atoms with Gasteiger partial charge in [-0.25, -0.2) is 0 Å². The van der Waals surface area contributed by atoms with E-state index in [-0.39, 0.29) is 12.3 Å². The molecule has 1 rings (SSSR count). The van der Waals surface area contributed by atoms with Crippen molar-refractivity contribution < 1.29 is 14.7 Å². The molecule has 0 aliphatic carbocycles. The van der Waals surface area contributed by atoms with Crippen LogP contribution in [0.5, 0.6) is 0 Å². The summed E-state index contributed by atoms with van der Waals surface area (Å²) in [6.45, 7) is 6.58. The first-order valence-corrected chi connectivity index (χ1v) is 7.49. The third-order valence-electron chi connectivity index (χ3n) is 3.51. The fourth-order valence-electron chi connectivity index (χ4n) is 2.58. The minimum absolute atomic E-state index is 0.0180. The van der Waals surface area contributed by atoms with E-state index in [0.717, 1.165) is 36.0 Å². The molecule has 0 heterocycles. The van der Waals surface area contributed by atoms with E-state index in [2.05, 4.69) is 5.32 Å². The maximum absolute atomic E-state index is 12.2. The van der Waals surface area contributed by atoms with E-state index in [1.807, 2.05) is 32.9 Å². The SMILES string of the molecule is Cc1cc(C)c(C(=O)NCCCCCCC(=O)O)c(C)c1. The van der Waals surface area contributed by atoms with Gasteiger partial charge < -0.3 is 10.4 Å². The van der Waals surface area contributed by atoms with Gasteiger partial charge in [-0.15, -0.1) is 0 Å². The summed E-state index contributed by atoms with van der Waals surface area (Å²) < 4.78 is 0. The molecule has 1 amide bonds. The number of nitrogens with one attached hydrogen (secondary N) is 1. The fourth-order valence-corrected chi connectivity index (χ4v) is 2.58. The van der Waals surface area contributed by atoms with Crippen LogP contribution in [0.15, 0.2) is 12.1 Å². The first-order chi connectivity index (χ1) is 9.91. The molecule has 2 N–H and O–H groups in total. The standard InChI is InChI=1S/C17H25NO3/c1-12-10-13(2)16(14(3)11-12)17(21)18-9-7-5-4-6-8-15(19)20/h10-11H,4-9H2,1-3H3,(H,18,21)(H,19,20). The zero-order valence-electron chi connectivity index (χ0n) is 13.2. The molecule has 0 aliphatic rings. The van der Waals surface area contributed by atoms with Crippen LogP contribution in [0.2, 0.25) is 0 Å². The topological polar surface area (TPSA) is 66.4 Å². The van der Waals surface area contributed by atoms with Gasteiger partial charge in [-0.2, -0.15) is 0 Å². The molecule has 21 heavy (non-hydrogen) atoms. The molecule has 0 saturated carbocycles. The number of carbonyl (C=O) groups excluding carboxylic acids is 1. The molecule has 0 aliphatic heterocycles. The van der Waals surface area contributed by atoms with Crippen molar-refractivity contribution in [1.82, 2.24) is 5.32 Å². The summed E-state index contributed by atoms with van der Waals surface area (Å²) in [7, 11) is 0. The van der Waals surface area contributed by atoms with E-state index in [4.69, 9.17) is 5.11 Å². The van der Waals surface area contributed by atoms with Gasteiger partial charge >= 0.3 is 5.97 Å². The molecule has 4 heteroatoms. The average Bonchev–Trinajstić information content (AvgIpc) is 2.35. The van der Waals surface area contributed by atoms with E-state index in [9.17, 15) is 9.59 Å². The summed E-state index contributed by atoms with van der Waals surface area (Å²) in [5.74, 6) is -0.760. The number of hydrogen-bond acceptors (Lipinski definition) is 2. The van der Waals surface area contributed by atoms with Crippen LogP contribution in [0.3, 0.4) is 0 Å². The van der Waals surface area contributed by atoms with E-state index < -0.39 is 5.97 Å². The van der Waals surface area contributed by atoms with Crippen molar-refractivity contribution in [3.05, 3.63) is 34.4 Å². The first kappa shape index (κ1) is 17.2. The lowest BCUT2D eigenvalue weighted by molar-refractivity contribution is -0.137. The molecule has 4 nitrogen and oxygen atoms in total. The van der Waals surface area contributed by atoms with Gasteiger partial charge in [-0.1, -0.05) is 30.5 Å². The molecule has 0 atom stereocenters. The highest BCUT2D eigenvalue weighted by Gasteiger charge is 2.11. The third-order valence-corrected chi connectivity index (χ3v) is 3.51. The zero-order valence-corrected chi connectivity index (χ0v) is 13.2. The highest BCUT2D eigenvalue weighted by atomic mass is 16.4. The Kier molecular flexibility index (Phi) is 6.92. The smallest absolute Gasteiger partial charge is 0.303 e. The predicted molar refractivity (Wildman–Crippen MR) is 83.7 cm³/mol. The Bertz CT molecular complexity index is 486. The van der Waals surface area contributed by atoms with Crippen LogP contribution in [0, 0.1) is 20.8 Å². The van der Waals surface area contributed by atoms with E-state index in [1.54, 1.807) is 0 Å². The summed E-state index contributed by atoms with van der Waals surface area (Å²) >= 11 is 0. The van der Waals surface area contributed by atoms with Gasteiger partial charge in [-0.05, 0) is 44.7 Å². The van der Waals surface area contributed by atoms with Gasteiger partial charge in [-0.3, -0.25) is 9.59 Å². The Labute approximate surface area is 126 Å². The Morgan fingerprint density at radius 1 is 1.00 bits per heavy atom. The van der Waals surface area contributed by atoms with Gasteiger partial charge in [0.1, 0.15) is 0 Å². The summed E-state index contributed by atoms with van der Waals surface area (Å²) in [5.41, 5.74) is 3.95. The van der Waals surface area contributed by atoms with Crippen molar-refractivity contribution in [2.24, 2.45) is 0 Å². The molecule has 0 saturated heterocycles. The van der Waals surface area contributed by atoms with Crippen molar-refractivity contribution in [3.63, 3.8) is 0 Å². The average molecular weight is 291 g/mol. The lowest BCUT2D eigenvalue weighted by Gasteiger charge is -2.11. The van der Waals surface area contributed by atoms with E-state index in [0.29, 0.717) is 13.0 Å². The Morgan fingerprint density at radius 3 is 2.14 bits per heavy atom. The number of aryl methyl sites for hydroxylation is 3. The normalized spacial score (nSPS) is 10.4. The van der Waals surface area contributed by atoms with Gasteiger partial charge in [0.25, 0.3) is 5.91 Å². The molecule has 0 fully saturated rings. The maximum atomic E-state index is 12.2. The molecule has 1 aromatic rings. The number of amides is 1. The van der Waals surface area contributed by atoms with Crippen molar-refractivity contribution >= 4 is 11.9 Å². The van der Waals surface area contributed by atoms with Gasteiger partial charge in [0.05, 0.1) is 0 Å². The minimum Gasteiger partial charge on any atom is -0.481 e. The molecule has 116 valence electrons. The van der Waals surface area contributed by atoms with Crippen molar-refractivity contribution in [3.8, 4) is 0 Å². The largest absolute Gasteiger partial charge is 0.481 e.